The maximum absolute atomic E-state index is 12.1. The minimum absolute atomic E-state index is 0.259. The van der Waals surface area contributed by atoms with E-state index in [1.54, 1.807) is 12.1 Å². The monoisotopic (exact) mass is 382 g/mol. The first-order valence-corrected chi connectivity index (χ1v) is 10.8. The van der Waals surface area contributed by atoms with E-state index in [1.807, 2.05) is 24.5 Å². The molecule has 1 aromatic heterocycles. The quantitative estimate of drug-likeness (QED) is 0.297. The number of carbonyl (C=O) groups is 1. The SMILES string of the molecule is CCCCCCCOC(=O)c1ccc(-c2ncc(CCCCCC)cn2)cc1. The van der Waals surface area contributed by atoms with Crippen LogP contribution in [0.1, 0.15) is 87.6 Å². The molecular formula is C24H34N2O2. The molecule has 0 N–H and O–H groups in total. The molecule has 0 aliphatic rings. The molecule has 4 nitrogen and oxygen atoms in total. The van der Waals surface area contributed by atoms with Gasteiger partial charge in [-0.2, -0.15) is 0 Å². The lowest BCUT2D eigenvalue weighted by Crippen LogP contribution is -2.06. The van der Waals surface area contributed by atoms with Crippen molar-refractivity contribution in [3.63, 3.8) is 0 Å². The third-order valence-corrected chi connectivity index (χ3v) is 4.88. The van der Waals surface area contributed by atoms with Gasteiger partial charge in [0, 0.05) is 18.0 Å². The first-order chi connectivity index (χ1) is 13.7. The van der Waals surface area contributed by atoms with Crippen molar-refractivity contribution in [3.8, 4) is 11.4 Å². The van der Waals surface area contributed by atoms with E-state index in [2.05, 4.69) is 23.8 Å². The fourth-order valence-corrected chi connectivity index (χ4v) is 3.10. The summed E-state index contributed by atoms with van der Waals surface area (Å²) in [5.74, 6) is 0.429. The fraction of sp³-hybridized carbons (Fsp3) is 0.542. The van der Waals surface area contributed by atoms with Crippen molar-refractivity contribution in [3.05, 3.63) is 47.8 Å². The smallest absolute Gasteiger partial charge is 0.338 e. The number of esters is 1. The van der Waals surface area contributed by atoms with Crippen molar-refractivity contribution in [1.82, 2.24) is 9.97 Å². The van der Waals surface area contributed by atoms with E-state index in [9.17, 15) is 4.79 Å². The maximum atomic E-state index is 12.1. The summed E-state index contributed by atoms with van der Waals surface area (Å²) in [6.45, 7) is 4.91. The molecule has 0 aliphatic carbocycles. The van der Waals surface area contributed by atoms with E-state index in [1.165, 1.54) is 50.5 Å². The Hall–Kier alpha value is -2.23. The number of benzene rings is 1. The standard InChI is InChI=1S/C24H34N2O2/c1-3-5-7-9-11-17-28-24(27)22-15-13-21(14-16-22)23-25-18-20(19-26-23)12-10-8-6-4-2/h13-16,18-19H,3-12,17H2,1-2H3. The predicted octanol–water partition coefficient (Wildman–Crippen LogP) is 6.39. The summed E-state index contributed by atoms with van der Waals surface area (Å²) in [7, 11) is 0. The van der Waals surface area contributed by atoms with Crippen LogP contribution in [-0.2, 0) is 11.2 Å². The van der Waals surface area contributed by atoms with E-state index in [0.29, 0.717) is 18.0 Å². The first-order valence-electron chi connectivity index (χ1n) is 10.8. The average molecular weight is 383 g/mol. The summed E-state index contributed by atoms with van der Waals surface area (Å²) >= 11 is 0. The van der Waals surface area contributed by atoms with Gasteiger partial charge in [0.05, 0.1) is 12.2 Å². The Morgan fingerprint density at radius 1 is 0.821 bits per heavy atom. The molecule has 0 fully saturated rings. The number of aromatic nitrogens is 2. The molecule has 2 aromatic rings. The number of carbonyl (C=O) groups excluding carboxylic acids is 1. The van der Waals surface area contributed by atoms with E-state index >= 15 is 0 Å². The van der Waals surface area contributed by atoms with Crippen LogP contribution in [0.4, 0.5) is 0 Å². The second kappa shape index (κ2) is 13.0. The molecule has 0 radical (unpaired) electrons. The van der Waals surface area contributed by atoms with Crippen LogP contribution in [0.25, 0.3) is 11.4 Å². The fourth-order valence-electron chi connectivity index (χ4n) is 3.10. The second-order valence-corrected chi connectivity index (χ2v) is 7.35. The summed E-state index contributed by atoms with van der Waals surface area (Å²) in [6, 6.07) is 7.34. The van der Waals surface area contributed by atoms with E-state index in [-0.39, 0.29) is 5.97 Å². The van der Waals surface area contributed by atoms with Gasteiger partial charge in [-0.05, 0) is 37.0 Å². The Labute approximate surface area is 169 Å². The Morgan fingerprint density at radius 2 is 1.43 bits per heavy atom. The molecule has 0 spiro atoms. The van der Waals surface area contributed by atoms with Gasteiger partial charge in [-0.3, -0.25) is 0 Å². The molecule has 0 amide bonds. The summed E-state index contributed by atoms with van der Waals surface area (Å²) in [6.07, 6.45) is 15.6. The van der Waals surface area contributed by atoms with Crippen LogP contribution < -0.4 is 0 Å². The number of ether oxygens (including phenoxy) is 1. The van der Waals surface area contributed by atoms with E-state index in [4.69, 9.17) is 4.74 Å². The van der Waals surface area contributed by atoms with Crippen molar-refractivity contribution >= 4 is 5.97 Å². The first kappa shape index (κ1) is 22.1. The highest BCUT2D eigenvalue weighted by atomic mass is 16.5. The maximum Gasteiger partial charge on any atom is 0.338 e. The van der Waals surface area contributed by atoms with Gasteiger partial charge < -0.3 is 4.74 Å². The molecule has 152 valence electrons. The van der Waals surface area contributed by atoms with Crippen LogP contribution in [0.15, 0.2) is 36.7 Å². The van der Waals surface area contributed by atoms with E-state index in [0.717, 1.165) is 24.8 Å². The third-order valence-electron chi connectivity index (χ3n) is 4.88. The zero-order valence-electron chi connectivity index (χ0n) is 17.5. The molecule has 0 saturated heterocycles. The normalized spacial score (nSPS) is 10.8. The number of aryl methyl sites for hydroxylation is 1. The average Bonchev–Trinajstić information content (AvgIpc) is 2.74. The highest BCUT2D eigenvalue weighted by molar-refractivity contribution is 5.89. The van der Waals surface area contributed by atoms with E-state index < -0.39 is 0 Å². The summed E-state index contributed by atoms with van der Waals surface area (Å²) in [4.78, 5) is 21.1. The lowest BCUT2D eigenvalue weighted by molar-refractivity contribution is 0.0497. The Kier molecular flexibility index (Phi) is 10.3. The molecule has 1 heterocycles. The Bertz CT molecular complexity index is 681. The van der Waals surface area contributed by atoms with Crippen molar-refractivity contribution in [2.75, 3.05) is 6.61 Å². The number of rotatable bonds is 13. The molecule has 0 atom stereocenters. The molecular weight excluding hydrogens is 348 g/mol. The second-order valence-electron chi connectivity index (χ2n) is 7.35. The zero-order chi connectivity index (χ0) is 20.0. The molecule has 4 heteroatoms. The number of nitrogens with zero attached hydrogens (tertiary/aromatic N) is 2. The number of unbranched alkanes of at least 4 members (excludes halogenated alkanes) is 7. The summed E-state index contributed by atoms with van der Waals surface area (Å²) in [5.41, 5.74) is 2.66. The number of hydrogen-bond donors (Lipinski definition) is 0. The van der Waals surface area contributed by atoms with Gasteiger partial charge in [0.15, 0.2) is 5.82 Å². The Balaban J connectivity index is 1.80. The molecule has 0 bridgehead atoms. The summed E-state index contributed by atoms with van der Waals surface area (Å²) in [5, 5.41) is 0. The zero-order valence-corrected chi connectivity index (χ0v) is 17.5. The van der Waals surface area contributed by atoms with Crippen LogP contribution in [0, 0.1) is 0 Å². The van der Waals surface area contributed by atoms with Crippen molar-refractivity contribution < 1.29 is 9.53 Å². The molecule has 1 aromatic carbocycles. The van der Waals surface area contributed by atoms with Gasteiger partial charge >= 0.3 is 5.97 Å². The molecule has 0 unspecified atom stereocenters. The highest BCUT2D eigenvalue weighted by Crippen LogP contribution is 2.17. The molecule has 0 aliphatic heterocycles. The molecule has 0 saturated carbocycles. The lowest BCUT2D eigenvalue weighted by atomic mass is 10.1. The predicted molar refractivity (Wildman–Crippen MR) is 114 cm³/mol. The van der Waals surface area contributed by atoms with Gasteiger partial charge in [-0.1, -0.05) is 70.9 Å². The van der Waals surface area contributed by atoms with Gasteiger partial charge in [0.25, 0.3) is 0 Å². The third kappa shape index (κ3) is 7.79. The van der Waals surface area contributed by atoms with Crippen molar-refractivity contribution in [1.29, 1.82) is 0 Å². The Morgan fingerprint density at radius 3 is 2.07 bits per heavy atom. The largest absolute Gasteiger partial charge is 0.462 e. The minimum atomic E-state index is -0.259. The van der Waals surface area contributed by atoms with Crippen LogP contribution >= 0.6 is 0 Å². The minimum Gasteiger partial charge on any atom is -0.462 e. The highest BCUT2D eigenvalue weighted by Gasteiger charge is 2.08. The molecule has 2 rings (SSSR count). The van der Waals surface area contributed by atoms with Crippen LogP contribution in [0.2, 0.25) is 0 Å². The molecule has 28 heavy (non-hydrogen) atoms. The van der Waals surface area contributed by atoms with Gasteiger partial charge in [0.2, 0.25) is 0 Å². The van der Waals surface area contributed by atoms with Crippen LogP contribution in [-0.4, -0.2) is 22.5 Å². The lowest BCUT2D eigenvalue weighted by Gasteiger charge is -2.06. The topological polar surface area (TPSA) is 52.1 Å². The van der Waals surface area contributed by atoms with Crippen molar-refractivity contribution in [2.24, 2.45) is 0 Å². The van der Waals surface area contributed by atoms with Crippen LogP contribution in [0.3, 0.4) is 0 Å². The van der Waals surface area contributed by atoms with Gasteiger partial charge in [-0.25, -0.2) is 14.8 Å². The van der Waals surface area contributed by atoms with Gasteiger partial charge in [-0.15, -0.1) is 0 Å². The van der Waals surface area contributed by atoms with Crippen molar-refractivity contribution in [2.45, 2.75) is 78.1 Å². The summed E-state index contributed by atoms with van der Waals surface area (Å²) < 4.78 is 5.35. The van der Waals surface area contributed by atoms with Gasteiger partial charge in [0.1, 0.15) is 0 Å². The number of hydrogen-bond acceptors (Lipinski definition) is 4. The van der Waals surface area contributed by atoms with Crippen LogP contribution in [0.5, 0.6) is 0 Å².